The van der Waals surface area contributed by atoms with Crippen LogP contribution in [0, 0.1) is 5.92 Å². The molecule has 102 valence electrons. The zero-order valence-electron chi connectivity index (χ0n) is 11.8. The Morgan fingerprint density at radius 2 is 1.89 bits per heavy atom. The van der Waals surface area contributed by atoms with Crippen molar-refractivity contribution >= 4 is 0 Å². The van der Waals surface area contributed by atoms with Gasteiger partial charge in [-0.25, -0.2) is 0 Å². The van der Waals surface area contributed by atoms with Crippen LogP contribution in [0.15, 0.2) is 24.3 Å². The van der Waals surface area contributed by atoms with Crippen LogP contribution in [0.2, 0.25) is 0 Å². The molecule has 3 nitrogen and oxygen atoms in total. The molecule has 2 unspecified atom stereocenters. The Morgan fingerprint density at radius 3 is 2.39 bits per heavy atom. The Morgan fingerprint density at radius 1 is 1.22 bits per heavy atom. The van der Waals surface area contributed by atoms with E-state index in [1.54, 1.807) is 0 Å². The number of unbranched alkanes of at least 4 members (excludes halogenated alkanes) is 1. The molecule has 18 heavy (non-hydrogen) atoms. The van der Waals surface area contributed by atoms with Gasteiger partial charge in [0.25, 0.3) is 0 Å². The zero-order valence-corrected chi connectivity index (χ0v) is 11.8. The van der Waals surface area contributed by atoms with E-state index in [1.165, 1.54) is 5.56 Å². The van der Waals surface area contributed by atoms with Gasteiger partial charge in [-0.3, -0.25) is 11.3 Å². The number of hydrogen-bond acceptors (Lipinski definition) is 3. The second-order valence-electron chi connectivity index (χ2n) is 4.80. The van der Waals surface area contributed by atoms with Gasteiger partial charge in [0.2, 0.25) is 0 Å². The van der Waals surface area contributed by atoms with Crippen molar-refractivity contribution in [3.05, 3.63) is 29.8 Å². The zero-order chi connectivity index (χ0) is 13.4. The molecule has 0 aliphatic carbocycles. The summed E-state index contributed by atoms with van der Waals surface area (Å²) in [6.07, 6.45) is 3.36. The number of hydrogen-bond donors (Lipinski definition) is 2. The first-order valence-electron chi connectivity index (χ1n) is 6.91. The lowest BCUT2D eigenvalue weighted by Gasteiger charge is -2.22. The number of ether oxygens (including phenoxy) is 1. The SMILES string of the molecule is CCCCOc1ccc(C(NN)C(C)CC)cc1. The highest BCUT2D eigenvalue weighted by molar-refractivity contribution is 5.29. The molecule has 2 atom stereocenters. The molecule has 0 bridgehead atoms. The van der Waals surface area contributed by atoms with Crippen LogP contribution in [-0.4, -0.2) is 6.61 Å². The van der Waals surface area contributed by atoms with Gasteiger partial charge in [0.15, 0.2) is 0 Å². The molecular weight excluding hydrogens is 224 g/mol. The van der Waals surface area contributed by atoms with Gasteiger partial charge in [-0.2, -0.15) is 0 Å². The molecule has 1 aromatic carbocycles. The van der Waals surface area contributed by atoms with E-state index >= 15 is 0 Å². The summed E-state index contributed by atoms with van der Waals surface area (Å²) in [7, 11) is 0. The maximum Gasteiger partial charge on any atom is 0.119 e. The summed E-state index contributed by atoms with van der Waals surface area (Å²) < 4.78 is 5.65. The Bertz CT molecular complexity index is 324. The second-order valence-corrected chi connectivity index (χ2v) is 4.80. The average Bonchev–Trinajstić information content (AvgIpc) is 2.41. The molecule has 1 aromatic rings. The van der Waals surface area contributed by atoms with Crippen molar-refractivity contribution in [2.24, 2.45) is 11.8 Å². The molecule has 0 amide bonds. The van der Waals surface area contributed by atoms with E-state index in [0.29, 0.717) is 5.92 Å². The first-order chi connectivity index (χ1) is 8.72. The predicted octanol–water partition coefficient (Wildman–Crippen LogP) is 3.42. The number of hydrazine groups is 1. The van der Waals surface area contributed by atoms with Crippen molar-refractivity contribution in [2.75, 3.05) is 6.61 Å². The summed E-state index contributed by atoms with van der Waals surface area (Å²) in [5.74, 6) is 7.09. The minimum Gasteiger partial charge on any atom is -0.494 e. The van der Waals surface area contributed by atoms with E-state index in [4.69, 9.17) is 10.6 Å². The largest absolute Gasteiger partial charge is 0.494 e. The molecule has 0 aliphatic heterocycles. The third kappa shape index (κ3) is 4.31. The Kier molecular flexibility index (Phi) is 6.76. The molecule has 0 saturated heterocycles. The summed E-state index contributed by atoms with van der Waals surface area (Å²) in [4.78, 5) is 0. The smallest absolute Gasteiger partial charge is 0.119 e. The highest BCUT2D eigenvalue weighted by Crippen LogP contribution is 2.25. The Hall–Kier alpha value is -1.06. The van der Waals surface area contributed by atoms with E-state index < -0.39 is 0 Å². The topological polar surface area (TPSA) is 47.3 Å². The van der Waals surface area contributed by atoms with Gasteiger partial charge in [-0.15, -0.1) is 0 Å². The number of nitrogens with one attached hydrogen (secondary N) is 1. The van der Waals surface area contributed by atoms with Gasteiger partial charge in [0.05, 0.1) is 6.61 Å². The van der Waals surface area contributed by atoms with E-state index in [0.717, 1.165) is 31.6 Å². The standard InChI is InChI=1S/C15H26N2O/c1-4-6-11-18-14-9-7-13(8-10-14)15(17-16)12(3)5-2/h7-10,12,15,17H,4-6,11,16H2,1-3H3. The van der Waals surface area contributed by atoms with Crippen LogP contribution in [0.3, 0.4) is 0 Å². The average molecular weight is 250 g/mol. The Labute approximate surface area is 111 Å². The number of rotatable bonds is 8. The van der Waals surface area contributed by atoms with Crippen LogP contribution in [-0.2, 0) is 0 Å². The van der Waals surface area contributed by atoms with Gasteiger partial charge in [-0.05, 0) is 30.0 Å². The molecule has 0 spiro atoms. The van der Waals surface area contributed by atoms with Gasteiger partial charge in [0.1, 0.15) is 5.75 Å². The van der Waals surface area contributed by atoms with Crippen molar-refractivity contribution in [3.63, 3.8) is 0 Å². The van der Waals surface area contributed by atoms with Crippen molar-refractivity contribution in [1.82, 2.24) is 5.43 Å². The van der Waals surface area contributed by atoms with Crippen LogP contribution < -0.4 is 16.0 Å². The summed E-state index contributed by atoms with van der Waals surface area (Å²) in [6.45, 7) is 7.34. The molecule has 0 fully saturated rings. The van der Waals surface area contributed by atoms with Crippen molar-refractivity contribution in [1.29, 1.82) is 0 Å². The van der Waals surface area contributed by atoms with Crippen molar-refractivity contribution in [3.8, 4) is 5.75 Å². The van der Waals surface area contributed by atoms with Crippen LogP contribution in [0.1, 0.15) is 51.6 Å². The van der Waals surface area contributed by atoms with E-state index in [-0.39, 0.29) is 6.04 Å². The Balaban J connectivity index is 2.63. The molecule has 3 heteroatoms. The molecule has 0 heterocycles. The van der Waals surface area contributed by atoms with Crippen LogP contribution in [0.4, 0.5) is 0 Å². The van der Waals surface area contributed by atoms with Crippen LogP contribution in [0.25, 0.3) is 0 Å². The minimum atomic E-state index is 0.208. The summed E-state index contributed by atoms with van der Waals surface area (Å²) >= 11 is 0. The lowest BCUT2D eigenvalue weighted by Crippen LogP contribution is -2.32. The number of benzene rings is 1. The van der Waals surface area contributed by atoms with E-state index in [2.05, 4.69) is 38.3 Å². The first kappa shape index (κ1) is 15.0. The summed E-state index contributed by atoms with van der Waals surface area (Å²) in [5.41, 5.74) is 4.12. The third-order valence-electron chi connectivity index (χ3n) is 3.40. The third-order valence-corrected chi connectivity index (χ3v) is 3.40. The summed E-state index contributed by atoms with van der Waals surface area (Å²) in [6, 6.07) is 8.45. The van der Waals surface area contributed by atoms with Crippen LogP contribution in [0.5, 0.6) is 5.75 Å². The van der Waals surface area contributed by atoms with Crippen molar-refractivity contribution in [2.45, 2.75) is 46.1 Å². The molecule has 0 radical (unpaired) electrons. The fraction of sp³-hybridized carbons (Fsp3) is 0.600. The minimum absolute atomic E-state index is 0.208. The molecular formula is C15H26N2O. The highest BCUT2D eigenvalue weighted by Gasteiger charge is 2.16. The molecule has 0 aliphatic rings. The fourth-order valence-electron chi connectivity index (χ4n) is 1.93. The first-order valence-corrected chi connectivity index (χ1v) is 6.91. The van der Waals surface area contributed by atoms with Crippen LogP contribution >= 0.6 is 0 Å². The van der Waals surface area contributed by atoms with Gasteiger partial charge in [0, 0.05) is 6.04 Å². The molecule has 3 N–H and O–H groups in total. The molecule has 0 saturated carbocycles. The van der Waals surface area contributed by atoms with E-state index in [1.807, 2.05) is 12.1 Å². The fourth-order valence-corrected chi connectivity index (χ4v) is 1.93. The lowest BCUT2D eigenvalue weighted by atomic mass is 9.93. The second kappa shape index (κ2) is 8.11. The number of nitrogens with two attached hydrogens (primary N) is 1. The highest BCUT2D eigenvalue weighted by atomic mass is 16.5. The normalized spacial score (nSPS) is 14.2. The maximum atomic E-state index is 5.65. The summed E-state index contributed by atoms with van der Waals surface area (Å²) in [5, 5.41) is 0. The maximum absolute atomic E-state index is 5.65. The van der Waals surface area contributed by atoms with Gasteiger partial charge in [-0.1, -0.05) is 45.7 Å². The molecule has 0 aromatic heterocycles. The van der Waals surface area contributed by atoms with E-state index in [9.17, 15) is 0 Å². The van der Waals surface area contributed by atoms with Gasteiger partial charge >= 0.3 is 0 Å². The van der Waals surface area contributed by atoms with Crippen molar-refractivity contribution < 1.29 is 4.74 Å². The molecule has 1 rings (SSSR count). The monoisotopic (exact) mass is 250 g/mol. The quantitative estimate of drug-likeness (QED) is 0.422. The lowest BCUT2D eigenvalue weighted by molar-refractivity contribution is 0.309. The predicted molar refractivity (Wildman–Crippen MR) is 76.4 cm³/mol. The van der Waals surface area contributed by atoms with Gasteiger partial charge < -0.3 is 4.74 Å².